The summed E-state index contributed by atoms with van der Waals surface area (Å²) in [6.45, 7) is 5.41. The molecule has 1 atom stereocenters. The fourth-order valence-corrected chi connectivity index (χ4v) is 5.38. The van der Waals surface area contributed by atoms with E-state index < -0.39 is 18.0 Å². The van der Waals surface area contributed by atoms with E-state index in [-0.39, 0.29) is 24.3 Å². The van der Waals surface area contributed by atoms with Crippen LogP contribution < -0.4 is 24.4 Å². The van der Waals surface area contributed by atoms with Gasteiger partial charge in [0, 0.05) is 6.08 Å². The van der Waals surface area contributed by atoms with Gasteiger partial charge in [0.1, 0.15) is 5.76 Å². The minimum Gasteiger partial charge on any atom is -0.490 e. The SMILES string of the molecule is CCOC(=O)C1=C(C)N=c2s/c(=C\c3ccc(I)o3)c(=O)n2[C@@H]1c1ccc(OCC(=O)OC)c(OCC)c1. The van der Waals surface area contributed by atoms with E-state index in [0.29, 0.717) is 48.2 Å². The van der Waals surface area contributed by atoms with E-state index >= 15 is 0 Å². The monoisotopic (exact) mass is 652 g/mol. The van der Waals surface area contributed by atoms with E-state index in [1.165, 1.54) is 23.0 Å². The molecule has 0 spiro atoms. The van der Waals surface area contributed by atoms with Crippen LogP contribution in [0.4, 0.5) is 0 Å². The number of thiazole rings is 1. The summed E-state index contributed by atoms with van der Waals surface area (Å²) in [6.07, 6.45) is 1.65. The number of halogens is 1. The number of hydrogen-bond acceptors (Lipinski definition) is 10. The molecule has 0 saturated heterocycles. The molecular formula is C26H25IN2O8S. The standard InChI is InChI=1S/C26H25IN2O8S/c1-5-34-18-11-15(7-9-17(18)36-13-21(30)33-4)23-22(25(32)35-6-2)14(3)28-26-29(23)24(31)19(38-26)12-16-8-10-20(27)37-16/h7-12,23H,5-6,13H2,1-4H3/b19-12-/t23-/m1/s1. The van der Waals surface area contributed by atoms with Crippen LogP contribution in [0.15, 0.2) is 55.8 Å². The summed E-state index contributed by atoms with van der Waals surface area (Å²) >= 11 is 3.25. The first-order valence-corrected chi connectivity index (χ1v) is 13.6. The van der Waals surface area contributed by atoms with Crippen molar-refractivity contribution in [2.24, 2.45) is 4.99 Å². The highest BCUT2D eigenvalue weighted by Crippen LogP contribution is 2.36. The molecule has 3 aromatic rings. The number of furan rings is 1. The van der Waals surface area contributed by atoms with Gasteiger partial charge < -0.3 is 23.4 Å². The molecule has 38 heavy (non-hydrogen) atoms. The van der Waals surface area contributed by atoms with E-state index in [1.54, 1.807) is 50.3 Å². The summed E-state index contributed by atoms with van der Waals surface area (Å²) < 4.78 is 29.5. The van der Waals surface area contributed by atoms with Crippen LogP contribution in [0, 0.1) is 3.77 Å². The second kappa shape index (κ2) is 12.0. The van der Waals surface area contributed by atoms with E-state index in [9.17, 15) is 14.4 Å². The van der Waals surface area contributed by atoms with Crippen molar-refractivity contribution in [2.45, 2.75) is 26.8 Å². The molecule has 4 rings (SSSR count). The van der Waals surface area contributed by atoms with Crippen LogP contribution in [0.5, 0.6) is 11.5 Å². The first-order chi connectivity index (χ1) is 18.3. The van der Waals surface area contributed by atoms with Crippen LogP contribution in [0.2, 0.25) is 0 Å². The number of aromatic nitrogens is 1. The van der Waals surface area contributed by atoms with Crippen molar-refractivity contribution < 1.29 is 33.0 Å². The fraction of sp³-hybridized carbons (Fsp3) is 0.308. The maximum Gasteiger partial charge on any atom is 0.343 e. The molecule has 1 aliphatic rings. The minimum atomic E-state index is -0.835. The topological polar surface area (TPSA) is 119 Å². The second-order valence-corrected chi connectivity index (χ2v) is 10.0. The molecule has 200 valence electrons. The Morgan fingerprint density at radius 3 is 2.61 bits per heavy atom. The smallest absolute Gasteiger partial charge is 0.343 e. The van der Waals surface area contributed by atoms with Crippen LogP contribution in [-0.4, -0.2) is 43.4 Å². The predicted molar refractivity (Wildman–Crippen MR) is 147 cm³/mol. The number of fused-ring (bicyclic) bond motifs is 1. The lowest BCUT2D eigenvalue weighted by atomic mass is 9.95. The normalized spacial score (nSPS) is 15.1. The molecule has 0 N–H and O–H groups in total. The summed E-state index contributed by atoms with van der Waals surface area (Å²) in [5, 5.41) is 0. The number of rotatable bonds is 9. The molecule has 3 heterocycles. The zero-order valence-corrected chi connectivity index (χ0v) is 24.1. The number of ether oxygens (including phenoxy) is 4. The van der Waals surface area contributed by atoms with Crippen LogP contribution in [0.3, 0.4) is 0 Å². The van der Waals surface area contributed by atoms with Crippen LogP contribution in [0.1, 0.15) is 38.1 Å². The van der Waals surface area contributed by atoms with Crippen LogP contribution >= 0.6 is 33.9 Å². The van der Waals surface area contributed by atoms with E-state index in [4.69, 9.17) is 18.6 Å². The third kappa shape index (κ3) is 5.70. The number of carbonyl (C=O) groups excluding carboxylic acids is 2. The molecule has 0 unspecified atom stereocenters. The quantitative estimate of drug-likeness (QED) is 0.256. The molecule has 0 saturated carbocycles. The van der Waals surface area contributed by atoms with Crippen molar-refractivity contribution in [3.05, 3.63) is 76.4 Å². The molecule has 0 fully saturated rings. The average Bonchev–Trinajstić information content (AvgIpc) is 3.44. The third-order valence-electron chi connectivity index (χ3n) is 5.54. The summed E-state index contributed by atoms with van der Waals surface area (Å²) in [5.41, 5.74) is 0.932. The summed E-state index contributed by atoms with van der Waals surface area (Å²) in [7, 11) is 1.27. The maximum atomic E-state index is 13.7. The summed E-state index contributed by atoms with van der Waals surface area (Å²) in [5.74, 6) is 0.0808. The second-order valence-electron chi connectivity index (χ2n) is 7.95. The van der Waals surface area contributed by atoms with Gasteiger partial charge in [-0.25, -0.2) is 14.6 Å². The van der Waals surface area contributed by atoms with E-state index in [2.05, 4.69) is 32.3 Å². The van der Waals surface area contributed by atoms with Crippen molar-refractivity contribution in [1.82, 2.24) is 4.57 Å². The highest BCUT2D eigenvalue weighted by molar-refractivity contribution is 14.1. The van der Waals surface area contributed by atoms with Crippen molar-refractivity contribution >= 4 is 51.9 Å². The van der Waals surface area contributed by atoms with Crippen molar-refractivity contribution in [3.63, 3.8) is 0 Å². The Balaban J connectivity index is 1.89. The van der Waals surface area contributed by atoms with Crippen molar-refractivity contribution in [3.8, 4) is 11.5 Å². The molecule has 2 aromatic heterocycles. The van der Waals surface area contributed by atoms with Crippen molar-refractivity contribution in [1.29, 1.82) is 0 Å². The van der Waals surface area contributed by atoms with Gasteiger partial charge in [-0.15, -0.1) is 0 Å². The predicted octanol–water partition coefficient (Wildman–Crippen LogP) is 2.95. The van der Waals surface area contributed by atoms with Crippen LogP contribution in [-0.2, 0) is 19.1 Å². The Kier molecular flexibility index (Phi) is 8.72. The van der Waals surface area contributed by atoms with Gasteiger partial charge >= 0.3 is 11.9 Å². The summed E-state index contributed by atoms with van der Waals surface area (Å²) in [4.78, 5) is 43.4. The molecular weight excluding hydrogens is 627 g/mol. The highest BCUT2D eigenvalue weighted by atomic mass is 127. The average molecular weight is 652 g/mol. The molecule has 1 aliphatic heterocycles. The number of methoxy groups -OCH3 is 1. The largest absolute Gasteiger partial charge is 0.490 e. The first kappa shape index (κ1) is 27.6. The lowest BCUT2D eigenvalue weighted by Crippen LogP contribution is -2.40. The number of benzene rings is 1. The minimum absolute atomic E-state index is 0.161. The van der Waals surface area contributed by atoms with Gasteiger partial charge in [0.15, 0.2) is 26.7 Å². The fourth-order valence-electron chi connectivity index (χ4n) is 3.92. The molecule has 0 amide bonds. The zero-order chi connectivity index (χ0) is 27.4. The highest BCUT2D eigenvalue weighted by Gasteiger charge is 2.34. The van der Waals surface area contributed by atoms with E-state index in [1.807, 2.05) is 6.92 Å². The van der Waals surface area contributed by atoms with Gasteiger partial charge in [-0.2, -0.15) is 0 Å². The zero-order valence-electron chi connectivity index (χ0n) is 21.1. The number of nitrogens with zero attached hydrogens (tertiary/aromatic N) is 2. The number of hydrogen-bond donors (Lipinski definition) is 0. The summed E-state index contributed by atoms with van der Waals surface area (Å²) in [6, 6.07) is 7.76. The number of allylic oxidation sites excluding steroid dienone is 1. The molecule has 0 radical (unpaired) electrons. The van der Waals surface area contributed by atoms with Gasteiger partial charge in [-0.05, 0) is 73.2 Å². The Bertz CT molecular complexity index is 1580. The molecule has 0 bridgehead atoms. The third-order valence-corrected chi connectivity index (χ3v) is 7.10. The Morgan fingerprint density at radius 1 is 1.16 bits per heavy atom. The lowest BCUT2D eigenvalue weighted by Gasteiger charge is -2.25. The van der Waals surface area contributed by atoms with E-state index in [0.717, 1.165) is 0 Å². The molecule has 0 aliphatic carbocycles. The van der Waals surface area contributed by atoms with Gasteiger partial charge in [-0.1, -0.05) is 17.4 Å². The maximum absolute atomic E-state index is 13.7. The lowest BCUT2D eigenvalue weighted by molar-refractivity contribution is -0.143. The number of carbonyl (C=O) groups is 2. The van der Waals surface area contributed by atoms with Gasteiger partial charge in [0.25, 0.3) is 5.56 Å². The molecule has 10 nitrogen and oxygen atoms in total. The molecule has 12 heteroatoms. The van der Waals surface area contributed by atoms with Gasteiger partial charge in [0.05, 0.1) is 42.2 Å². The Hall–Kier alpha value is -3.39. The van der Waals surface area contributed by atoms with Crippen LogP contribution in [0.25, 0.3) is 6.08 Å². The first-order valence-electron chi connectivity index (χ1n) is 11.7. The number of esters is 2. The van der Waals surface area contributed by atoms with Gasteiger partial charge in [0.2, 0.25) is 0 Å². The van der Waals surface area contributed by atoms with Crippen molar-refractivity contribution in [2.75, 3.05) is 26.9 Å². The van der Waals surface area contributed by atoms with Gasteiger partial charge in [-0.3, -0.25) is 9.36 Å². The molecule has 1 aromatic carbocycles. The Labute approximate surface area is 235 Å². The Morgan fingerprint density at radius 2 is 1.95 bits per heavy atom.